The third-order valence-electron chi connectivity index (χ3n) is 7.32. The highest BCUT2D eigenvalue weighted by molar-refractivity contribution is 5.90. The molecule has 0 radical (unpaired) electrons. The van der Waals surface area contributed by atoms with E-state index in [9.17, 15) is 4.79 Å². The van der Waals surface area contributed by atoms with Gasteiger partial charge in [-0.15, -0.1) is 0 Å². The average molecular weight is 391 g/mol. The van der Waals surface area contributed by atoms with Gasteiger partial charge in [-0.1, -0.05) is 71.9 Å². The molecule has 0 fully saturated rings. The molecule has 0 saturated carbocycles. The standard InChI is InChI=1S/C27H34O2/c1-9-20-15-23-24(27(6,7)18(3)26(23,4)5)16-22(20)17(2)14-19-10-12-21(13-11-19)25(28)29-8/h10-16,18H,9H2,1-8H3. The van der Waals surface area contributed by atoms with Gasteiger partial charge in [0.15, 0.2) is 0 Å². The summed E-state index contributed by atoms with van der Waals surface area (Å²) < 4.78 is 4.79. The molecule has 0 aliphatic heterocycles. The van der Waals surface area contributed by atoms with Crippen molar-refractivity contribution in [2.75, 3.05) is 7.11 Å². The lowest BCUT2D eigenvalue weighted by Crippen LogP contribution is -2.30. The van der Waals surface area contributed by atoms with Crippen LogP contribution in [0.1, 0.15) is 86.6 Å². The maximum Gasteiger partial charge on any atom is 0.337 e. The number of methoxy groups -OCH3 is 1. The number of carbonyl (C=O) groups excluding carboxylic acids is 1. The van der Waals surface area contributed by atoms with Crippen molar-refractivity contribution in [1.29, 1.82) is 0 Å². The highest BCUT2D eigenvalue weighted by Crippen LogP contribution is 2.54. The molecule has 0 amide bonds. The average Bonchev–Trinajstić information content (AvgIpc) is 2.84. The molecule has 1 atom stereocenters. The number of ether oxygens (including phenoxy) is 1. The molecule has 2 aromatic carbocycles. The molecule has 0 N–H and O–H groups in total. The van der Waals surface area contributed by atoms with Crippen LogP contribution in [0.3, 0.4) is 0 Å². The molecule has 1 aliphatic rings. The lowest BCUT2D eigenvalue weighted by molar-refractivity contribution is 0.0600. The summed E-state index contributed by atoms with van der Waals surface area (Å²) in [5.74, 6) is 0.281. The minimum Gasteiger partial charge on any atom is -0.465 e. The van der Waals surface area contributed by atoms with Gasteiger partial charge in [-0.05, 0) is 75.6 Å². The van der Waals surface area contributed by atoms with E-state index in [1.54, 1.807) is 0 Å². The van der Waals surface area contributed by atoms with E-state index < -0.39 is 0 Å². The van der Waals surface area contributed by atoms with E-state index in [1.807, 2.05) is 24.3 Å². The van der Waals surface area contributed by atoms with E-state index >= 15 is 0 Å². The number of rotatable bonds is 4. The zero-order chi connectivity index (χ0) is 21.6. The fourth-order valence-electron chi connectivity index (χ4n) is 4.90. The van der Waals surface area contributed by atoms with Gasteiger partial charge in [0, 0.05) is 0 Å². The van der Waals surface area contributed by atoms with Crippen molar-refractivity contribution in [2.24, 2.45) is 5.92 Å². The van der Waals surface area contributed by atoms with Crippen LogP contribution in [0.15, 0.2) is 36.4 Å². The number of benzene rings is 2. The summed E-state index contributed by atoms with van der Waals surface area (Å²) in [6, 6.07) is 12.5. The van der Waals surface area contributed by atoms with E-state index in [2.05, 4.69) is 66.7 Å². The number of carbonyl (C=O) groups is 1. The normalized spacial score (nSPS) is 19.7. The third kappa shape index (κ3) is 3.54. The van der Waals surface area contributed by atoms with Gasteiger partial charge >= 0.3 is 5.97 Å². The molecule has 0 aromatic heterocycles. The van der Waals surface area contributed by atoms with Gasteiger partial charge in [0.2, 0.25) is 0 Å². The van der Waals surface area contributed by atoms with Crippen LogP contribution in [-0.2, 0) is 22.0 Å². The first-order valence-corrected chi connectivity index (χ1v) is 10.6. The molecule has 2 aromatic rings. The van der Waals surface area contributed by atoms with Crippen molar-refractivity contribution in [3.8, 4) is 0 Å². The van der Waals surface area contributed by atoms with E-state index in [1.165, 1.54) is 34.9 Å². The summed E-state index contributed by atoms with van der Waals surface area (Å²) in [6.45, 7) is 16.3. The van der Waals surface area contributed by atoms with Crippen LogP contribution in [0.25, 0.3) is 11.6 Å². The number of fused-ring (bicyclic) bond motifs is 1. The molecule has 1 unspecified atom stereocenters. The van der Waals surface area contributed by atoms with Crippen LogP contribution in [0.2, 0.25) is 0 Å². The second kappa shape index (κ2) is 7.48. The van der Waals surface area contributed by atoms with E-state index in [0.717, 1.165) is 12.0 Å². The summed E-state index contributed by atoms with van der Waals surface area (Å²) in [7, 11) is 1.41. The second-order valence-electron chi connectivity index (χ2n) is 9.51. The van der Waals surface area contributed by atoms with Crippen LogP contribution in [0.4, 0.5) is 0 Å². The zero-order valence-corrected chi connectivity index (χ0v) is 19.1. The predicted molar refractivity (Wildman–Crippen MR) is 122 cm³/mol. The zero-order valence-electron chi connectivity index (χ0n) is 19.1. The first-order chi connectivity index (χ1) is 13.5. The molecule has 154 valence electrons. The van der Waals surface area contributed by atoms with Crippen molar-refractivity contribution >= 4 is 17.6 Å². The quantitative estimate of drug-likeness (QED) is 0.424. The Hall–Kier alpha value is -2.35. The van der Waals surface area contributed by atoms with Gasteiger partial charge in [-0.3, -0.25) is 0 Å². The number of esters is 1. The Balaban J connectivity index is 2.06. The Kier molecular flexibility index (Phi) is 5.51. The van der Waals surface area contributed by atoms with Crippen LogP contribution in [-0.4, -0.2) is 13.1 Å². The van der Waals surface area contributed by atoms with Crippen LogP contribution < -0.4 is 0 Å². The van der Waals surface area contributed by atoms with Crippen molar-refractivity contribution < 1.29 is 9.53 Å². The molecule has 1 aliphatic carbocycles. The fourth-order valence-corrected chi connectivity index (χ4v) is 4.90. The molecule has 2 heteroatoms. The van der Waals surface area contributed by atoms with Gasteiger partial charge in [0.25, 0.3) is 0 Å². The molecule has 0 heterocycles. The predicted octanol–water partition coefficient (Wildman–Crippen LogP) is 6.80. The largest absolute Gasteiger partial charge is 0.465 e. The molecular weight excluding hydrogens is 356 g/mol. The molecule has 2 nitrogen and oxygen atoms in total. The van der Waals surface area contributed by atoms with Crippen LogP contribution in [0, 0.1) is 5.92 Å². The second-order valence-corrected chi connectivity index (χ2v) is 9.51. The van der Waals surface area contributed by atoms with Gasteiger partial charge in [0.05, 0.1) is 12.7 Å². The van der Waals surface area contributed by atoms with Gasteiger partial charge in [0.1, 0.15) is 0 Å². The smallest absolute Gasteiger partial charge is 0.337 e. The Bertz CT molecular complexity index is 959. The monoisotopic (exact) mass is 390 g/mol. The van der Waals surface area contributed by atoms with Gasteiger partial charge < -0.3 is 4.74 Å². The Labute approximate surface area is 176 Å². The van der Waals surface area contributed by atoms with E-state index in [4.69, 9.17) is 4.74 Å². The Morgan fingerprint density at radius 3 is 2.10 bits per heavy atom. The maximum atomic E-state index is 11.7. The SMILES string of the molecule is CCc1cc2c(cc1C(C)=Cc1ccc(C(=O)OC)cc1)C(C)(C)C(C)C2(C)C. The highest BCUT2D eigenvalue weighted by Gasteiger charge is 2.48. The summed E-state index contributed by atoms with van der Waals surface area (Å²) >= 11 is 0. The number of hydrogen-bond donors (Lipinski definition) is 0. The van der Waals surface area contributed by atoms with Crippen LogP contribution in [0.5, 0.6) is 0 Å². The topological polar surface area (TPSA) is 26.3 Å². The molecule has 0 saturated heterocycles. The third-order valence-corrected chi connectivity index (χ3v) is 7.32. The van der Waals surface area contributed by atoms with Crippen molar-refractivity contribution in [3.05, 3.63) is 69.8 Å². The van der Waals surface area contributed by atoms with Crippen molar-refractivity contribution in [3.63, 3.8) is 0 Å². The molecule has 0 bridgehead atoms. The lowest BCUT2D eigenvalue weighted by atomic mass is 9.71. The first-order valence-electron chi connectivity index (χ1n) is 10.6. The fraction of sp³-hybridized carbons (Fsp3) is 0.444. The van der Waals surface area contributed by atoms with Crippen LogP contribution >= 0.6 is 0 Å². The maximum absolute atomic E-state index is 11.7. The summed E-state index contributed by atoms with van der Waals surface area (Å²) in [5.41, 5.74) is 8.98. The molecule has 0 spiro atoms. The molecule has 3 rings (SSSR count). The first kappa shape index (κ1) is 21.4. The van der Waals surface area contributed by atoms with E-state index in [0.29, 0.717) is 11.5 Å². The Morgan fingerprint density at radius 2 is 1.59 bits per heavy atom. The summed E-state index contributed by atoms with van der Waals surface area (Å²) in [6.07, 6.45) is 3.22. The summed E-state index contributed by atoms with van der Waals surface area (Å²) in [5, 5.41) is 0. The minimum atomic E-state index is -0.303. The van der Waals surface area contributed by atoms with Gasteiger partial charge in [-0.2, -0.15) is 0 Å². The minimum absolute atomic E-state index is 0.155. The Morgan fingerprint density at radius 1 is 1.03 bits per heavy atom. The molecular formula is C27H34O2. The number of hydrogen-bond acceptors (Lipinski definition) is 2. The van der Waals surface area contributed by atoms with E-state index in [-0.39, 0.29) is 16.8 Å². The van der Waals surface area contributed by atoms with Gasteiger partial charge in [-0.25, -0.2) is 4.79 Å². The van der Waals surface area contributed by atoms with Crippen molar-refractivity contribution in [2.45, 2.75) is 65.7 Å². The lowest BCUT2D eigenvalue weighted by Gasteiger charge is -2.32. The van der Waals surface area contributed by atoms with Crippen molar-refractivity contribution in [1.82, 2.24) is 0 Å². The summed E-state index contributed by atoms with van der Waals surface area (Å²) in [4.78, 5) is 11.7. The number of aryl methyl sites for hydroxylation is 1. The number of allylic oxidation sites excluding steroid dienone is 1. The highest BCUT2D eigenvalue weighted by atomic mass is 16.5. The molecule has 29 heavy (non-hydrogen) atoms.